The number of allylic oxidation sites excluding steroid dienone is 2. The highest BCUT2D eigenvalue weighted by atomic mass is 16.1. The fraction of sp³-hybridized carbons (Fsp3) is 0.385. The van der Waals surface area contributed by atoms with Crippen molar-refractivity contribution in [2.75, 3.05) is 31.9 Å². The first-order valence-corrected chi connectivity index (χ1v) is 6.44. The molecular weight excluding hydrogens is 242 g/mol. The van der Waals surface area contributed by atoms with Gasteiger partial charge in [0.1, 0.15) is 5.82 Å². The molecule has 100 valence electrons. The third-order valence-electron chi connectivity index (χ3n) is 3.56. The number of nitrogens with zero attached hydrogens (tertiary/aromatic N) is 4. The Bertz CT molecular complexity index is 537. The number of amides is 1. The number of nitrogens with two attached hydrogens (primary N) is 1. The molecule has 0 spiro atoms. The molecule has 19 heavy (non-hydrogen) atoms. The molecule has 2 aliphatic rings. The second-order valence-electron chi connectivity index (χ2n) is 4.71. The van der Waals surface area contributed by atoms with Crippen LogP contribution in [0.2, 0.25) is 0 Å². The molecule has 1 saturated heterocycles. The summed E-state index contributed by atoms with van der Waals surface area (Å²) in [4.78, 5) is 19.2. The van der Waals surface area contributed by atoms with Gasteiger partial charge in [0.05, 0.1) is 11.9 Å². The minimum atomic E-state index is 0.644. The number of carbonyl (C=O) groups excluding carboxylic acids is 1. The van der Waals surface area contributed by atoms with Crippen LogP contribution in [-0.2, 0) is 4.79 Å². The molecule has 3 heterocycles. The number of hydrogen-bond donors (Lipinski definition) is 1. The maximum atomic E-state index is 10.7. The van der Waals surface area contributed by atoms with Crippen LogP contribution in [0.15, 0.2) is 18.3 Å². The summed E-state index contributed by atoms with van der Waals surface area (Å²) >= 11 is 0. The Labute approximate surface area is 111 Å². The number of anilines is 1. The third kappa shape index (κ3) is 2.09. The molecule has 1 aromatic rings. The topological polar surface area (TPSA) is 67.4 Å². The number of fused-ring (bicyclic) bond motifs is 1. The number of imidazole rings is 1. The first-order valence-electron chi connectivity index (χ1n) is 6.44. The van der Waals surface area contributed by atoms with E-state index in [2.05, 4.69) is 22.0 Å². The van der Waals surface area contributed by atoms with Crippen molar-refractivity contribution in [2.24, 2.45) is 0 Å². The molecule has 0 aliphatic carbocycles. The summed E-state index contributed by atoms with van der Waals surface area (Å²) in [5.74, 6) is 1.52. The smallest absolute Gasteiger partial charge is 0.209 e. The lowest BCUT2D eigenvalue weighted by molar-refractivity contribution is -0.119. The fourth-order valence-corrected chi connectivity index (χ4v) is 2.50. The van der Waals surface area contributed by atoms with Gasteiger partial charge in [0.15, 0.2) is 5.82 Å². The highest BCUT2D eigenvalue weighted by molar-refractivity contribution is 5.65. The predicted octanol–water partition coefficient (Wildman–Crippen LogP) is 0.455. The van der Waals surface area contributed by atoms with E-state index in [9.17, 15) is 4.79 Å². The summed E-state index contributed by atoms with van der Waals surface area (Å²) in [6.45, 7) is 3.17. The summed E-state index contributed by atoms with van der Waals surface area (Å²) in [7, 11) is 0. The van der Waals surface area contributed by atoms with Gasteiger partial charge in [0.2, 0.25) is 6.41 Å². The minimum absolute atomic E-state index is 0.644. The predicted molar refractivity (Wildman–Crippen MR) is 73.8 cm³/mol. The molecule has 0 aromatic carbocycles. The molecule has 0 unspecified atom stereocenters. The summed E-state index contributed by atoms with van der Waals surface area (Å²) < 4.78 is 1.91. The van der Waals surface area contributed by atoms with Crippen LogP contribution in [0.25, 0.3) is 11.9 Å². The Morgan fingerprint density at radius 1 is 1.26 bits per heavy atom. The van der Waals surface area contributed by atoms with Gasteiger partial charge in [-0.25, -0.2) is 4.98 Å². The van der Waals surface area contributed by atoms with Crippen molar-refractivity contribution in [3.63, 3.8) is 0 Å². The van der Waals surface area contributed by atoms with Crippen LogP contribution < -0.4 is 5.73 Å². The quantitative estimate of drug-likeness (QED) is 0.783. The SMILES string of the molecule is Nc1cnc2n1C=CCC=C2N1CCN(C=O)CC1. The Balaban J connectivity index is 1.86. The molecule has 2 aliphatic heterocycles. The van der Waals surface area contributed by atoms with Gasteiger partial charge in [-0.05, 0) is 6.42 Å². The van der Waals surface area contributed by atoms with E-state index in [0.717, 1.165) is 50.5 Å². The van der Waals surface area contributed by atoms with Gasteiger partial charge in [0, 0.05) is 32.4 Å². The first kappa shape index (κ1) is 11.8. The van der Waals surface area contributed by atoms with Gasteiger partial charge in [-0.15, -0.1) is 0 Å². The molecule has 1 amide bonds. The van der Waals surface area contributed by atoms with E-state index in [0.29, 0.717) is 5.82 Å². The maximum Gasteiger partial charge on any atom is 0.209 e. The standard InChI is InChI=1S/C13H17N5O/c14-12-9-15-13-11(3-1-2-4-18(12)13)17-7-5-16(10-19)6-8-17/h2-4,9-10H,1,5-8,14H2. The summed E-state index contributed by atoms with van der Waals surface area (Å²) in [6, 6.07) is 0. The van der Waals surface area contributed by atoms with E-state index in [1.807, 2.05) is 10.8 Å². The van der Waals surface area contributed by atoms with Gasteiger partial charge in [-0.3, -0.25) is 9.36 Å². The molecule has 0 saturated carbocycles. The zero-order valence-electron chi connectivity index (χ0n) is 10.7. The highest BCUT2D eigenvalue weighted by Crippen LogP contribution is 2.25. The molecule has 1 aromatic heterocycles. The first-order chi connectivity index (χ1) is 9.29. The number of nitrogen functional groups attached to an aromatic ring is 1. The van der Waals surface area contributed by atoms with Crippen molar-refractivity contribution in [3.05, 3.63) is 24.2 Å². The summed E-state index contributed by atoms with van der Waals surface area (Å²) in [6.07, 6.45) is 9.66. The van der Waals surface area contributed by atoms with Crippen LogP contribution in [0.3, 0.4) is 0 Å². The van der Waals surface area contributed by atoms with Crippen LogP contribution in [0.5, 0.6) is 0 Å². The summed E-state index contributed by atoms with van der Waals surface area (Å²) in [5, 5.41) is 0. The van der Waals surface area contributed by atoms with Gasteiger partial charge >= 0.3 is 0 Å². The molecular formula is C13H17N5O. The van der Waals surface area contributed by atoms with Crippen molar-refractivity contribution in [2.45, 2.75) is 6.42 Å². The van der Waals surface area contributed by atoms with E-state index in [-0.39, 0.29) is 0 Å². The lowest BCUT2D eigenvalue weighted by Crippen LogP contribution is -2.44. The summed E-state index contributed by atoms with van der Waals surface area (Å²) in [5.41, 5.74) is 7.02. The number of hydrogen-bond acceptors (Lipinski definition) is 4. The Kier molecular flexibility index (Phi) is 2.98. The zero-order chi connectivity index (χ0) is 13.2. The molecule has 2 N–H and O–H groups in total. The molecule has 0 bridgehead atoms. The van der Waals surface area contributed by atoms with E-state index in [1.165, 1.54) is 0 Å². The Hall–Kier alpha value is -2.24. The van der Waals surface area contributed by atoms with Crippen LogP contribution in [-0.4, -0.2) is 51.9 Å². The second kappa shape index (κ2) is 4.79. The monoisotopic (exact) mass is 259 g/mol. The van der Waals surface area contributed by atoms with E-state index in [1.54, 1.807) is 11.1 Å². The number of rotatable bonds is 2. The largest absolute Gasteiger partial charge is 0.383 e. The average molecular weight is 259 g/mol. The number of carbonyl (C=O) groups is 1. The molecule has 6 nitrogen and oxygen atoms in total. The van der Waals surface area contributed by atoms with Crippen LogP contribution in [0.4, 0.5) is 5.82 Å². The van der Waals surface area contributed by atoms with Crippen molar-refractivity contribution >= 4 is 24.1 Å². The van der Waals surface area contributed by atoms with Gasteiger partial charge in [0.25, 0.3) is 0 Å². The van der Waals surface area contributed by atoms with Crippen molar-refractivity contribution < 1.29 is 4.79 Å². The van der Waals surface area contributed by atoms with Gasteiger partial charge < -0.3 is 15.5 Å². The highest BCUT2D eigenvalue weighted by Gasteiger charge is 2.22. The average Bonchev–Trinajstić information content (AvgIpc) is 2.69. The molecule has 6 heteroatoms. The molecule has 3 rings (SSSR count). The van der Waals surface area contributed by atoms with Gasteiger partial charge in [-0.2, -0.15) is 0 Å². The maximum absolute atomic E-state index is 10.7. The number of piperazine rings is 1. The van der Waals surface area contributed by atoms with E-state index in [4.69, 9.17) is 5.73 Å². The van der Waals surface area contributed by atoms with Crippen molar-refractivity contribution in [1.82, 2.24) is 19.4 Å². The van der Waals surface area contributed by atoms with Crippen LogP contribution >= 0.6 is 0 Å². The Morgan fingerprint density at radius 3 is 2.79 bits per heavy atom. The molecule has 0 radical (unpaired) electrons. The third-order valence-corrected chi connectivity index (χ3v) is 3.56. The fourth-order valence-electron chi connectivity index (χ4n) is 2.50. The molecule has 1 fully saturated rings. The number of aromatic nitrogens is 2. The van der Waals surface area contributed by atoms with Crippen molar-refractivity contribution in [1.29, 1.82) is 0 Å². The minimum Gasteiger partial charge on any atom is -0.383 e. The van der Waals surface area contributed by atoms with E-state index < -0.39 is 0 Å². The van der Waals surface area contributed by atoms with Crippen LogP contribution in [0.1, 0.15) is 12.2 Å². The Morgan fingerprint density at radius 2 is 2.05 bits per heavy atom. The lowest BCUT2D eigenvalue weighted by Gasteiger charge is -2.35. The van der Waals surface area contributed by atoms with Crippen LogP contribution in [0, 0.1) is 0 Å². The zero-order valence-corrected chi connectivity index (χ0v) is 10.7. The van der Waals surface area contributed by atoms with E-state index >= 15 is 0 Å². The second-order valence-corrected chi connectivity index (χ2v) is 4.71. The van der Waals surface area contributed by atoms with Gasteiger partial charge in [-0.1, -0.05) is 12.2 Å². The lowest BCUT2D eigenvalue weighted by atomic mass is 10.2. The van der Waals surface area contributed by atoms with Crippen molar-refractivity contribution in [3.8, 4) is 0 Å². The molecule has 0 atom stereocenters. The normalized spacial score (nSPS) is 18.8.